The summed E-state index contributed by atoms with van der Waals surface area (Å²) in [4.78, 5) is 21.0. The van der Waals surface area contributed by atoms with Gasteiger partial charge in [-0.25, -0.2) is 4.79 Å². The maximum Gasteiger partial charge on any atom is 0.337 e. The first kappa shape index (κ1) is 11.5. The van der Waals surface area contributed by atoms with Gasteiger partial charge in [0.25, 0.3) is 0 Å². The number of carbonyl (C=O) groups is 2. The van der Waals surface area contributed by atoms with Crippen LogP contribution in [-0.2, 0) is 4.79 Å². The first-order valence-electron chi connectivity index (χ1n) is 4.28. The monoisotopic (exact) mass is 224 g/mol. The van der Waals surface area contributed by atoms with Gasteiger partial charge in [0.15, 0.2) is 0 Å². The summed E-state index contributed by atoms with van der Waals surface area (Å²) in [7, 11) is 0. The van der Waals surface area contributed by atoms with Gasteiger partial charge in [-0.2, -0.15) is 0 Å². The lowest BCUT2D eigenvalue weighted by atomic mass is 10.1. The number of allylic oxidation sites excluding steroid dienone is 1. The highest BCUT2D eigenvalue weighted by molar-refractivity contribution is 6.33. The summed E-state index contributed by atoms with van der Waals surface area (Å²) < 4.78 is 0. The molecular weight excluding hydrogens is 216 g/mol. The number of hydrogen-bond donors (Lipinski definition) is 1. The summed E-state index contributed by atoms with van der Waals surface area (Å²) in [6.07, 6.45) is 4.15. The minimum absolute atomic E-state index is 0.0568. The van der Waals surface area contributed by atoms with Gasteiger partial charge < -0.3 is 9.90 Å². The van der Waals surface area contributed by atoms with Crippen molar-refractivity contribution in [2.75, 3.05) is 0 Å². The Morgan fingerprint density at radius 1 is 1.47 bits per heavy atom. The quantitative estimate of drug-likeness (QED) is 0.800. The van der Waals surface area contributed by atoms with Gasteiger partial charge in [-0.05, 0) is 11.6 Å². The van der Waals surface area contributed by atoms with Gasteiger partial charge in [0.05, 0.1) is 10.6 Å². The van der Waals surface area contributed by atoms with Crippen molar-refractivity contribution in [1.82, 2.24) is 0 Å². The molecule has 0 aliphatic carbocycles. The fourth-order valence-corrected chi connectivity index (χ4v) is 1.42. The molecule has 0 unspecified atom stereocenters. The average molecular weight is 225 g/mol. The minimum Gasteiger partial charge on any atom is -0.478 e. The van der Waals surface area contributed by atoms with Crippen molar-refractivity contribution < 1.29 is 14.7 Å². The van der Waals surface area contributed by atoms with E-state index < -0.39 is 5.97 Å². The summed E-state index contributed by atoms with van der Waals surface area (Å²) in [5.41, 5.74) is 0.554. The van der Waals surface area contributed by atoms with Gasteiger partial charge in [0.1, 0.15) is 6.29 Å². The van der Waals surface area contributed by atoms with Gasteiger partial charge >= 0.3 is 5.97 Å². The van der Waals surface area contributed by atoms with E-state index in [2.05, 4.69) is 0 Å². The number of carbonyl (C=O) groups excluding carboxylic acids is 1. The molecule has 1 aromatic carbocycles. The van der Waals surface area contributed by atoms with Crippen LogP contribution in [-0.4, -0.2) is 17.4 Å². The number of aldehydes is 1. The highest BCUT2D eigenvalue weighted by atomic mass is 35.5. The van der Waals surface area contributed by atoms with Crippen molar-refractivity contribution in [1.29, 1.82) is 0 Å². The topological polar surface area (TPSA) is 54.4 Å². The molecule has 78 valence electrons. The van der Waals surface area contributed by atoms with E-state index in [1.165, 1.54) is 6.07 Å². The zero-order valence-electron chi connectivity index (χ0n) is 7.81. The highest BCUT2D eigenvalue weighted by Crippen LogP contribution is 2.21. The van der Waals surface area contributed by atoms with Crippen LogP contribution in [0.25, 0.3) is 6.08 Å². The lowest BCUT2D eigenvalue weighted by molar-refractivity contribution is -0.107. The van der Waals surface area contributed by atoms with E-state index in [4.69, 9.17) is 16.7 Å². The fourth-order valence-electron chi connectivity index (χ4n) is 1.16. The third-order valence-electron chi connectivity index (χ3n) is 1.79. The summed E-state index contributed by atoms with van der Waals surface area (Å²) in [5, 5.41) is 9.11. The molecule has 1 aromatic rings. The molecule has 0 aliphatic rings. The first-order valence-corrected chi connectivity index (χ1v) is 4.66. The molecule has 0 bridgehead atoms. The van der Waals surface area contributed by atoms with E-state index in [1.54, 1.807) is 24.3 Å². The average Bonchev–Trinajstić information content (AvgIpc) is 2.17. The molecule has 0 spiro atoms. The Morgan fingerprint density at radius 3 is 2.80 bits per heavy atom. The van der Waals surface area contributed by atoms with E-state index in [0.29, 0.717) is 5.56 Å². The van der Waals surface area contributed by atoms with Crippen LogP contribution in [0.15, 0.2) is 24.3 Å². The number of rotatable bonds is 4. The van der Waals surface area contributed by atoms with E-state index in [-0.39, 0.29) is 17.0 Å². The third kappa shape index (κ3) is 2.92. The Labute approximate surface area is 92.0 Å². The van der Waals surface area contributed by atoms with Gasteiger partial charge in [0.2, 0.25) is 0 Å². The largest absolute Gasteiger partial charge is 0.478 e. The molecule has 0 aliphatic heterocycles. The van der Waals surface area contributed by atoms with Crippen LogP contribution in [0.5, 0.6) is 0 Å². The molecule has 0 amide bonds. The van der Waals surface area contributed by atoms with Crippen molar-refractivity contribution in [3.63, 3.8) is 0 Å². The zero-order chi connectivity index (χ0) is 11.3. The van der Waals surface area contributed by atoms with Crippen molar-refractivity contribution in [2.45, 2.75) is 6.42 Å². The summed E-state index contributed by atoms with van der Waals surface area (Å²) in [6.45, 7) is 0. The number of hydrogen-bond acceptors (Lipinski definition) is 2. The van der Waals surface area contributed by atoms with E-state index in [1.807, 2.05) is 0 Å². The highest BCUT2D eigenvalue weighted by Gasteiger charge is 2.11. The molecule has 0 heterocycles. The molecule has 1 N–H and O–H groups in total. The molecule has 0 fully saturated rings. The van der Waals surface area contributed by atoms with Crippen molar-refractivity contribution in [2.24, 2.45) is 0 Å². The predicted molar refractivity (Wildman–Crippen MR) is 58.1 cm³/mol. The summed E-state index contributed by atoms with van der Waals surface area (Å²) >= 11 is 5.75. The molecule has 0 atom stereocenters. The number of aromatic carboxylic acids is 1. The molecule has 0 saturated carbocycles. The van der Waals surface area contributed by atoms with Crippen LogP contribution in [0.1, 0.15) is 22.3 Å². The molecule has 1 rings (SSSR count). The van der Waals surface area contributed by atoms with Crippen LogP contribution in [0.3, 0.4) is 0 Å². The fraction of sp³-hybridized carbons (Fsp3) is 0.0909. The van der Waals surface area contributed by atoms with Crippen LogP contribution < -0.4 is 0 Å². The van der Waals surface area contributed by atoms with Crippen LogP contribution >= 0.6 is 11.6 Å². The van der Waals surface area contributed by atoms with Crippen molar-refractivity contribution in [3.05, 3.63) is 40.4 Å². The second kappa shape index (κ2) is 5.32. The smallest absolute Gasteiger partial charge is 0.337 e. The first-order chi connectivity index (χ1) is 7.16. The maximum atomic E-state index is 10.9. The number of halogens is 1. The van der Waals surface area contributed by atoms with E-state index in [0.717, 1.165) is 6.29 Å². The molecule has 3 nitrogen and oxygen atoms in total. The number of benzene rings is 1. The van der Waals surface area contributed by atoms with E-state index in [9.17, 15) is 9.59 Å². The number of carboxylic acids is 1. The summed E-state index contributed by atoms with van der Waals surface area (Å²) in [6, 6.07) is 4.81. The Hall–Kier alpha value is -1.61. The van der Waals surface area contributed by atoms with Gasteiger partial charge in [-0.1, -0.05) is 35.9 Å². The third-order valence-corrected chi connectivity index (χ3v) is 2.10. The lowest BCUT2D eigenvalue weighted by Gasteiger charge is -2.02. The standard InChI is InChI=1S/C11H9ClO3/c12-9-6-3-5-8(4-1-2-7-13)10(9)11(14)15/h1,3-7H,2H2,(H,14,15). The molecule has 0 aromatic heterocycles. The molecular formula is C11H9ClO3. The van der Waals surface area contributed by atoms with Gasteiger partial charge in [0, 0.05) is 6.42 Å². The second-order valence-electron chi connectivity index (χ2n) is 2.81. The normalized spacial score (nSPS) is 10.5. The molecule has 0 saturated heterocycles. The lowest BCUT2D eigenvalue weighted by Crippen LogP contribution is -2.00. The van der Waals surface area contributed by atoms with Crippen LogP contribution in [0.4, 0.5) is 0 Å². The van der Waals surface area contributed by atoms with Crippen LogP contribution in [0, 0.1) is 0 Å². The zero-order valence-corrected chi connectivity index (χ0v) is 8.57. The molecule has 0 radical (unpaired) electrons. The van der Waals surface area contributed by atoms with E-state index >= 15 is 0 Å². The Kier molecular flexibility index (Phi) is 4.06. The Balaban J connectivity index is 3.11. The molecule has 15 heavy (non-hydrogen) atoms. The summed E-state index contributed by atoms with van der Waals surface area (Å²) in [5.74, 6) is -1.08. The minimum atomic E-state index is -1.08. The number of carboxylic acid groups (broad SMARTS) is 1. The van der Waals surface area contributed by atoms with Gasteiger partial charge in [-0.3, -0.25) is 0 Å². The van der Waals surface area contributed by atoms with Crippen molar-refractivity contribution in [3.8, 4) is 0 Å². The Morgan fingerprint density at radius 2 is 2.20 bits per heavy atom. The SMILES string of the molecule is O=CCC=Cc1cccc(Cl)c1C(=O)O. The van der Waals surface area contributed by atoms with Crippen LogP contribution in [0.2, 0.25) is 5.02 Å². The predicted octanol–water partition coefficient (Wildman–Crippen LogP) is 2.64. The Bertz CT molecular complexity index is 410. The maximum absolute atomic E-state index is 10.9. The second-order valence-corrected chi connectivity index (χ2v) is 3.22. The van der Waals surface area contributed by atoms with Gasteiger partial charge in [-0.15, -0.1) is 0 Å². The van der Waals surface area contributed by atoms with Crippen molar-refractivity contribution >= 4 is 29.9 Å². The molecule has 4 heteroatoms.